The van der Waals surface area contributed by atoms with E-state index in [0.717, 1.165) is 24.6 Å². The van der Waals surface area contributed by atoms with E-state index < -0.39 is 10.0 Å². The number of hydrogen-bond donors (Lipinski definition) is 2. The van der Waals surface area contributed by atoms with Crippen molar-refractivity contribution in [2.75, 3.05) is 13.1 Å². The molecule has 112 valence electrons. The van der Waals surface area contributed by atoms with Crippen LogP contribution in [0.25, 0.3) is 0 Å². The molecule has 1 aromatic heterocycles. The number of nitrogens with one attached hydrogen (secondary N) is 2. The van der Waals surface area contributed by atoms with E-state index in [0.29, 0.717) is 16.2 Å². The first kappa shape index (κ1) is 14.5. The zero-order valence-corrected chi connectivity index (χ0v) is 13.4. The van der Waals surface area contributed by atoms with Crippen LogP contribution in [0.2, 0.25) is 0 Å². The minimum absolute atomic E-state index is 0.303. The maximum absolute atomic E-state index is 12.3. The van der Waals surface area contributed by atoms with E-state index in [-0.39, 0.29) is 0 Å². The number of sulfonamides is 1. The molecule has 6 heteroatoms. The van der Waals surface area contributed by atoms with Gasteiger partial charge >= 0.3 is 0 Å². The largest absolute Gasteiger partial charge is 0.313 e. The number of hydrogen-bond acceptors (Lipinski definition) is 4. The predicted octanol–water partition coefficient (Wildman–Crippen LogP) is 2.33. The van der Waals surface area contributed by atoms with Crippen molar-refractivity contribution in [2.24, 2.45) is 11.3 Å². The SMILES string of the molecule is CCNCc1csc(S(=O)(=O)NCC2(C3CC3)CC2)c1. The maximum Gasteiger partial charge on any atom is 0.250 e. The van der Waals surface area contributed by atoms with E-state index in [2.05, 4.69) is 10.0 Å². The molecular weight excluding hydrogens is 292 g/mol. The molecule has 0 unspecified atom stereocenters. The molecule has 2 fully saturated rings. The van der Waals surface area contributed by atoms with Gasteiger partial charge in [-0.3, -0.25) is 0 Å². The third kappa shape index (κ3) is 3.08. The van der Waals surface area contributed by atoms with Crippen LogP contribution in [0.1, 0.15) is 38.2 Å². The first-order valence-electron chi connectivity index (χ1n) is 7.33. The van der Waals surface area contributed by atoms with Crippen molar-refractivity contribution in [3.63, 3.8) is 0 Å². The van der Waals surface area contributed by atoms with Gasteiger partial charge in [0.25, 0.3) is 0 Å². The molecule has 0 bridgehead atoms. The Morgan fingerprint density at radius 3 is 2.75 bits per heavy atom. The molecule has 4 nitrogen and oxygen atoms in total. The number of rotatable bonds is 8. The van der Waals surface area contributed by atoms with Crippen LogP contribution in [0.5, 0.6) is 0 Å². The lowest BCUT2D eigenvalue weighted by molar-refractivity contribution is 0.432. The third-order valence-electron chi connectivity index (χ3n) is 4.42. The highest BCUT2D eigenvalue weighted by Crippen LogP contribution is 2.60. The summed E-state index contributed by atoms with van der Waals surface area (Å²) in [5, 5.41) is 5.13. The third-order valence-corrected chi connectivity index (χ3v) is 7.31. The van der Waals surface area contributed by atoms with E-state index in [1.165, 1.54) is 37.0 Å². The lowest BCUT2D eigenvalue weighted by Gasteiger charge is -2.14. The summed E-state index contributed by atoms with van der Waals surface area (Å²) in [6, 6.07) is 1.78. The summed E-state index contributed by atoms with van der Waals surface area (Å²) in [7, 11) is -3.32. The van der Waals surface area contributed by atoms with Crippen LogP contribution in [-0.4, -0.2) is 21.5 Å². The Morgan fingerprint density at radius 2 is 2.15 bits per heavy atom. The Morgan fingerprint density at radius 1 is 1.40 bits per heavy atom. The summed E-state index contributed by atoms with van der Waals surface area (Å²) < 4.78 is 27.9. The monoisotopic (exact) mass is 314 g/mol. The molecule has 0 aromatic carbocycles. The number of thiophene rings is 1. The van der Waals surface area contributed by atoms with Crippen LogP contribution < -0.4 is 10.0 Å². The molecule has 0 radical (unpaired) electrons. The van der Waals surface area contributed by atoms with E-state index in [4.69, 9.17) is 0 Å². The second-order valence-corrected chi connectivity index (χ2v) is 8.92. The van der Waals surface area contributed by atoms with Crippen LogP contribution in [0.4, 0.5) is 0 Å². The molecule has 0 saturated heterocycles. The minimum atomic E-state index is -3.32. The van der Waals surface area contributed by atoms with Crippen LogP contribution in [0, 0.1) is 11.3 Å². The van der Waals surface area contributed by atoms with Gasteiger partial charge in [0.05, 0.1) is 0 Å². The van der Waals surface area contributed by atoms with Crippen LogP contribution in [0.3, 0.4) is 0 Å². The highest BCUT2D eigenvalue weighted by molar-refractivity contribution is 7.91. The molecule has 2 saturated carbocycles. The van der Waals surface area contributed by atoms with E-state index in [9.17, 15) is 8.42 Å². The molecule has 3 rings (SSSR count). The maximum atomic E-state index is 12.3. The summed E-state index contributed by atoms with van der Waals surface area (Å²) in [4.78, 5) is 0. The molecule has 20 heavy (non-hydrogen) atoms. The fraction of sp³-hybridized carbons (Fsp3) is 0.714. The van der Waals surface area contributed by atoms with Crippen LogP contribution >= 0.6 is 11.3 Å². The Labute approximate surface area is 125 Å². The fourth-order valence-electron chi connectivity index (χ4n) is 2.75. The van der Waals surface area contributed by atoms with Gasteiger partial charge in [0, 0.05) is 13.1 Å². The first-order chi connectivity index (χ1) is 9.56. The standard InChI is InChI=1S/C14H22N2O2S2/c1-2-15-8-11-7-13(19-9-11)20(17,18)16-10-14(5-6-14)12-3-4-12/h7,9,12,15-16H,2-6,8,10H2,1H3. The van der Waals surface area contributed by atoms with Crippen LogP contribution in [-0.2, 0) is 16.6 Å². The first-order valence-corrected chi connectivity index (χ1v) is 9.70. The quantitative estimate of drug-likeness (QED) is 0.774. The molecule has 1 aromatic rings. The Hall–Kier alpha value is -0.430. The van der Waals surface area contributed by atoms with Gasteiger partial charge in [0.1, 0.15) is 4.21 Å². The normalized spacial score (nSPS) is 21.1. The summed E-state index contributed by atoms with van der Waals surface area (Å²) in [6.07, 6.45) is 4.95. The Bertz CT molecular complexity index is 572. The van der Waals surface area contributed by atoms with E-state index in [1.807, 2.05) is 12.3 Å². The van der Waals surface area contributed by atoms with Crippen molar-refractivity contribution in [3.8, 4) is 0 Å². The summed E-state index contributed by atoms with van der Waals surface area (Å²) in [5.74, 6) is 0.776. The average molecular weight is 314 g/mol. The average Bonchev–Trinajstić information content (AvgIpc) is 3.32. The molecule has 0 spiro atoms. The lowest BCUT2D eigenvalue weighted by Crippen LogP contribution is -2.30. The van der Waals surface area contributed by atoms with Gasteiger partial charge in [-0.1, -0.05) is 6.92 Å². The second-order valence-electron chi connectivity index (χ2n) is 6.02. The topological polar surface area (TPSA) is 58.2 Å². The highest BCUT2D eigenvalue weighted by Gasteiger charge is 2.53. The predicted molar refractivity (Wildman–Crippen MR) is 81.3 cm³/mol. The molecule has 2 N–H and O–H groups in total. The summed E-state index contributed by atoms with van der Waals surface area (Å²) in [6.45, 7) is 4.29. The van der Waals surface area contributed by atoms with Gasteiger partial charge in [-0.2, -0.15) is 0 Å². The summed E-state index contributed by atoms with van der Waals surface area (Å²) >= 11 is 1.31. The smallest absolute Gasteiger partial charge is 0.250 e. The van der Waals surface area contributed by atoms with Crippen LogP contribution in [0.15, 0.2) is 15.7 Å². The van der Waals surface area contributed by atoms with Crippen molar-refractivity contribution in [2.45, 2.75) is 43.4 Å². The molecular formula is C14H22N2O2S2. The van der Waals surface area contributed by atoms with E-state index >= 15 is 0 Å². The van der Waals surface area contributed by atoms with Gasteiger partial charge < -0.3 is 5.32 Å². The zero-order valence-electron chi connectivity index (χ0n) is 11.8. The Balaban J connectivity index is 1.61. The van der Waals surface area contributed by atoms with E-state index in [1.54, 1.807) is 6.07 Å². The van der Waals surface area contributed by atoms with Crippen molar-refractivity contribution in [1.82, 2.24) is 10.0 Å². The fourth-order valence-corrected chi connectivity index (χ4v) is 5.14. The van der Waals surface area contributed by atoms with Crippen molar-refractivity contribution in [3.05, 3.63) is 17.0 Å². The molecule has 0 atom stereocenters. The zero-order chi connectivity index (χ0) is 14.2. The van der Waals surface area contributed by atoms with Gasteiger partial charge in [-0.05, 0) is 60.6 Å². The molecule has 1 heterocycles. The highest BCUT2D eigenvalue weighted by atomic mass is 32.2. The summed E-state index contributed by atoms with van der Waals surface area (Å²) in [5.41, 5.74) is 1.34. The molecule has 0 amide bonds. The van der Waals surface area contributed by atoms with Crippen molar-refractivity contribution < 1.29 is 8.42 Å². The van der Waals surface area contributed by atoms with Crippen molar-refractivity contribution in [1.29, 1.82) is 0 Å². The van der Waals surface area contributed by atoms with Gasteiger partial charge in [-0.25, -0.2) is 13.1 Å². The molecule has 2 aliphatic rings. The van der Waals surface area contributed by atoms with Gasteiger partial charge in [-0.15, -0.1) is 11.3 Å². The Kier molecular flexibility index (Phi) is 3.92. The van der Waals surface area contributed by atoms with Gasteiger partial charge in [0.2, 0.25) is 10.0 Å². The molecule has 2 aliphatic carbocycles. The van der Waals surface area contributed by atoms with Gasteiger partial charge in [0.15, 0.2) is 0 Å². The lowest BCUT2D eigenvalue weighted by atomic mass is 10.0. The minimum Gasteiger partial charge on any atom is -0.313 e. The van der Waals surface area contributed by atoms with Crippen molar-refractivity contribution >= 4 is 21.4 Å². The molecule has 0 aliphatic heterocycles. The second kappa shape index (κ2) is 5.40.